The number of nitrogens with zero attached hydrogens (tertiary/aromatic N) is 2. The van der Waals surface area contributed by atoms with Gasteiger partial charge in [0.15, 0.2) is 0 Å². The molecule has 0 aliphatic heterocycles. The minimum absolute atomic E-state index is 0.00745. The molecule has 0 spiro atoms. The lowest BCUT2D eigenvalue weighted by atomic mass is 10.2. The fourth-order valence-corrected chi connectivity index (χ4v) is 3.02. The molecule has 2 heterocycles. The van der Waals surface area contributed by atoms with Gasteiger partial charge in [0.1, 0.15) is 11.3 Å². The van der Waals surface area contributed by atoms with Crippen LogP contribution in [0.25, 0.3) is 27.5 Å². The summed E-state index contributed by atoms with van der Waals surface area (Å²) in [5.74, 6) is 0.780. The molecule has 0 fully saturated rings. The third-order valence-corrected chi connectivity index (χ3v) is 4.03. The number of para-hydroxylation sites is 2. The largest absolute Gasteiger partial charge is 0.496 e. The van der Waals surface area contributed by atoms with Crippen LogP contribution in [0.15, 0.2) is 53.3 Å². The number of benzene rings is 2. The van der Waals surface area contributed by atoms with Crippen molar-refractivity contribution >= 4 is 27.5 Å². The topological polar surface area (TPSA) is 35.6 Å². The molecule has 0 saturated heterocycles. The molecular weight excluding hydrogens is 264 g/mol. The minimum Gasteiger partial charge on any atom is -0.496 e. The number of aryl methyl sites for hydroxylation is 1. The van der Waals surface area contributed by atoms with Gasteiger partial charge in [0, 0.05) is 12.4 Å². The molecule has 0 bridgehead atoms. The molecule has 4 nitrogen and oxygen atoms in total. The number of hydrogen-bond donors (Lipinski definition) is 0. The van der Waals surface area contributed by atoms with Crippen molar-refractivity contribution in [3.8, 4) is 5.75 Å². The van der Waals surface area contributed by atoms with Crippen molar-refractivity contribution in [1.82, 2.24) is 8.97 Å². The lowest BCUT2D eigenvalue weighted by molar-refractivity contribution is 0.420. The highest BCUT2D eigenvalue weighted by Crippen LogP contribution is 2.29. The quantitative estimate of drug-likeness (QED) is 0.536. The molecular formula is C17H14N2O2. The maximum Gasteiger partial charge on any atom is 0.275 e. The van der Waals surface area contributed by atoms with Crippen LogP contribution in [0.4, 0.5) is 0 Å². The number of ether oxygens (including phenoxy) is 1. The van der Waals surface area contributed by atoms with E-state index in [1.165, 1.54) is 0 Å². The van der Waals surface area contributed by atoms with E-state index < -0.39 is 0 Å². The number of methoxy groups -OCH3 is 1. The predicted molar refractivity (Wildman–Crippen MR) is 84.2 cm³/mol. The fraction of sp³-hybridized carbons (Fsp3) is 0.118. The van der Waals surface area contributed by atoms with Crippen molar-refractivity contribution in [1.29, 1.82) is 0 Å². The predicted octanol–water partition coefficient (Wildman–Crippen LogP) is 2.95. The standard InChI is InChI=1S/C17H14N2O2/c1-18-13-6-3-4-7-14(13)19-12-8-5-9-16(21-2)11(12)10-15(19)17(18)20/h3-10H,1-2H3. The first-order valence-corrected chi connectivity index (χ1v) is 6.78. The summed E-state index contributed by atoms with van der Waals surface area (Å²) in [4.78, 5) is 12.6. The molecule has 0 amide bonds. The van der Waals surface area contributed by atoms with Crippen molar-refractivity contribution in [2.45, 2.75) is 0 Å². The van der Waals surface area contributed by atoms with E-state index in [1.807, 2.05) is 52.9 Å². The first-order valence-electron chi connectivity index (χ1n) is 6.78. The van der Waals surface area contributed by atoms with Gasteiger partial charge in [-0.15, -0.1) is 0 Å². The maximum atomic E-state index is 12.6. The van der Waals surface area contributed by atoms with Crippen LogP contribution in [0.3, 0.4) is 0 Å². The third kappa shape index (κ3) is 1.47. The summed E-state index contributed by atoms with van der Waals surface area (Å²) >= 11 is 0. The van der Waals surface area contributed by atoms with Crippen molar-refractivity contribution in [3.05, 3.63) is 58.9 Å². The van der Waals surface area contributed by atoms with Gasteiger partial charge in [-0.25, -0.2) is 0 Å². The van der Waals surface area contributed by atoms with Crippen LogP contribution in [0.5, 0.6) is 5.75 Å². The first kappa shape index (κ1) is 12.0. The van der Waals surface area contributed by atoms with Crippen LogP contribution < -0.4 is 10.3 Å². The van der Waals surface area contributed by atoms with Gasteiger partial charge in [-0.3, -0.25) is 4.79 Å². The van der Waals surface area contributed by atoms with Crippen molar-refractivity contribution in [2.75, 3.05) is 7.11 Å². The van der Waals surface area contributed by atoms with E-state index in [0.29, 0.717) is 5.52 Å². The molecule has 2 aromatic heterocycles. The van der Waals surface area contributed by atoms with Crippen molar-refractivity contribution in [2.24, 2.45) is 7.05 Å². The van der Waals surface area contributed by atoms with Crippen molar-refractivity contribution in [3.63, 3.8) is 0 Å². The monoisotopic (exact) mass is 278 g/mol. The van der Waals surface area contributed by atoms with Gasteiger partial charge in [0.25, 0.3) is 5.56 Å². The van der Waals surface area contributed by atoms with E-state index in [4.69, 9.17) is 4.74 Å². The second-order valence-electron chi connectivity index (χ2n) is 5.11. The average Bonchev–Trinajstić information content (AvgIpc) is 2.92. The normalized spacial score (nSPS) is 11.5. The molecule has 0 N–H and O–H groups in total. The van der Waals surface area contributed by atoms with Gasteiger partial charge in [-0.1, -0.05) is 18.2 Å². The molecule has 0 aliphatic carbocycles. The van der Waals surface area contributed by atoms with Gasteiger partial charge in [-0.05, 0) is 30.3 Å². The Kier molecular flexibility index (Phi) is 2.36. The Labute approximate surface area is 120 Å². The third-order valence-electron chi connectivity index (χ3n) is 4.03. The Morgan fingerprint density at radius 2 is 1.62 bits per heavy atom. The van der Waals surface area contributed by atoms with E-state index in [9.17, 15) is 4.79 Å². The highest BCUT2D eigenvalue weighted by molar-refractivity contribution is 5.96. The zero-order chi connectivity index (χ0) is 14.6. The van der Waals surface area contributed by atoms with Gasteiger partial charge in [0.2, 0.25) is 0 Å². The molecule has 4 heteroatoms. The molecule has 0 radical (unpaired) electrons. The minimum atomic E-state index is -0.00745. The van der Waals surface area contributed by atoms with Crippen LogP contribution in [-0.4, -0.2) is 16.1 Å². The smallest absolute Gasteiger partial charge is 0.275 e. The Morgan fingerprint density at radius 1 is 0.905 bits per heavy atom. The lowest BCUT2D eigenvalue weighted by Gasteiger charge is -2.08. The molecule has 4 aromatic rings. The van der Waals surface area contributed by atoms with Gasteiger partial charge in [-0.2, -0.15) is 0 Å². The Morgan fingerprint density at radius 3 is 2.38 bits per heavy atom. The summed E-state index contributed by atoms with van der Waals surface area (Å²) in [6, 6.07) is 15.7. The van der Waals surface area contributed by atoms with Crippen LogP contribution >= 0.6 is 0 Å². The molecule has 0 atom stereocenters. The second kappa shape index (κ2) is 4.12. The summed E-state index contributed by atoms with van der Waals surface area (Å²) < 4.78 is 9.12. The summed E-state index contributed by atoms with van der Waals surface area (Å²) in [6.07, 6.45) is 0. The highest BCUT2D eigenvalue weighted by atomic mass is 16.5. The number of rotatable bonds is 1. The fourth-order valence-electron chi connectivity index (χ4n) is 3.02. The first-order chi connectivity index (χ1) is 10.2. The SMILES string of the molecule is COc1cccc2c1cc1c(=O)n(C)c3ccccc3n12. The number of fused-ring (bicyclic) bond motifs is 5. The van der Waals surface area contributed by atoms with Crippen LogP contribution in [-0.2, 0) is 7.05 Å². The lowest BCUT2D eigenvalue weighted by Crippen LogP contribution is -2.19. The summed E-state index contributed by atoms with van der Waals surface area (Å²) in [5.41, 5.74) is 3.56. The maximum absolute atomic E-state index is 12.6. The summed E-state index contributed by atoms with van der Waals surface area (Å²) in [5, 5.41) is 0.952. The van der Waals surface area contributed by atoms with Gasteiger partial charge >= 0.3 is 0 Å². The molecule has 2 aromatic carbocycles. The average molecular weight is 278 g/mol. The molecule has 104 valence electrons. The van der Waals surface area contributed by atoms with E-state index in [1.54, 1.807) is 18.7 Å². The van der Waals surface area contributed by atoms with E-state index in [2.05, 4.69) is 0 Å². The zero-order valence-electron chi connectivity index (χ0n) is 11.8. The number of hydrogen-bond acceptors (Lipinski definition) is 2. The Hall–Kier alpha value is -2.75. The molecule has 0 aliphatic rings. The van der Waals surface area contributed by atoms with E-state index in [0.717, 1.165) is 27.7 Å². The molecule has 4 rings (SSSR count). The summed E-state index contributed by atoms with van der Waals surface area (Å²) in [6.45, 7) is 0. The Bertz CT molecular complexity index is 1060. The van der Waals surface area contributed by atoms with Crippen molar-refractivity contribution < 1.29 is 4.74 Å². The summed E-state index contributed by atoms with van der Waals surface area (Å²) in [7, 11) is 3.45. The van der Waals surface area contributed by atoms with Gasteiger partial charge in [0.05, 0.1) is 23.7 Å². The molecule has 21 heavy (non-hydrogen) atoms. The second-order valence-corrected chi connectivity index (χ2v) is 5.11. The number of aromatic nitrogens is 2. The van der Waals surface area contributed by atoms with E-state index in [-0.39, 0.29) is 5.56 Å². The van der Waals surface area contributed by atoms with Gasteiger partial charge < -0.3 is 13.7 Å². The highest BCUT2D eigenvalue weighted by Gasteiger charge is 2.14. The molecule has 0 unspecified atom stereocenters. The Balaban J connectivity index is 2.40. The van der Waals surface area contributed by atoms with Crippen LogP contribution in [0.2, 0.25) is 0 Å². The zero-order valence-corrected chi connectivity index (χ0v) is 11.8. The van der Waals surface area contributed by atoms with E-state index >= 15 is 0 Å². The van der Waals surface area contributed by atoms with Crippen LogP contribution in [0, 0.1) is 0 Å². The molecule has 0 saturated carbocycles. The van der Waals surface area contributed by atoms with Crippen LogP contribution in [0.1, 0.15) is 0 Å².